The van der Waals surface area contributed by atoms with Gasteiger partial charge in [0.1, 0.15) is 12.1 Å². The monoisotopic (exact) mass is 385 g/mol. The normalized spacial score (nSPS) is 12.1. The van der Waals surface area contributed by atoms with Crippen molar-refractivity contribution < 1.29 is 14.1 Å². The van der Waals surface area contributed by atoms with E-state index in [-0.39, 0.29) is 18.1 Å². The summed E-state index contributed by atoms with van der Waals surface area (Å²) in [6.45, 7) is 2.87. The van der Waals surface area contributed by atoms with Crippen molar-refractivity contribution in [2.24, 2.45) is 0 Å². The Morgan fingerprint density at radius 2 is 1.89 bits per heavy atom. The van der Waals surface area contributed by atoms with Crippen molar-refractivity contribution in [1.29, 1.82) is 0 Å². The molecule has 0 radical (unpaired) electrons. The molecule has 3 aromatic rings. The average molecular weight is 386 g/mol. The highest BCUT2D eigenvalue weighted by atomic mass is 35.5. The SMILES string of the molecule is CCc1ccc2c(C[NH+](C)CC(=O)Nc3ccc(Cl)cc3)cc(=O)oc2c1. The fourth-order valence-electron chi connectivity index (χ4n) is 3.04. The van der Waals surface area contributed by atoms with Crippen LogP contribution < -0.4 is 15.8 Å². The Balaban J connectivity index is 1.71. The second-order valence-electron chi connectivity index (χ2n) is 6.64. The van der Waals surface area contributed by atoms with Gasteiger partial charge in [0.2, 0.25) is 0 Å². The number of rotatable bonds is 6. The van der Waals surface area contributed by atoms with E-state index in [1.54, 1.807) is 24.3 Å². The summed E-state index contributed by atoms with van der Waals surface area (Å²) in [4.78, 5) is 25.1. The summed E-state index contributed by atoms with van der Waals surface area (Å²) in [6.07, 6.45) is 0.875. The third-order valence-electron chi connectivity index (χ3n) is 4.39. The van der Waals surface area contributed by atoms with Crippen LogP contribution in [0.3, 0.4) is 0 Å². The van der Waals surface area contributed by atoms with Crippen LogP contribution in [-0.4, -0.2) is 19.5 Å². The van der Waals surface area contributed by atoms with Crippen LogP contribution in [0.4, 0.5) is 5.69 Å². The predicted molar refractivity (Wildman–Crippen MR) is 107 cm³/mol. The van der Waals surface area contributed by atoms with Gasteiger partial charge < -0.3 is 14.6 Å². The van der Waals surface area contributed by atoms with Gasteiger partial charge in [0.05, 0.1) is 7.05 Å². The fraction of sp³-hybridized carbons (Fsp3) is 0.238. The molecule has 0 aliphatic carbocycles. The Bertz CT molecular complexity index is 1010. The number of nitrogens with one attached hydrogen (secondary N) is 2. The van der Waals surface area contributed by atoms with Crippen LogP contribution >= 0.6 is 11.6 Å². The van der Waals surface area contributed by atoms with Crippen LogP contribution in [-0.2, 0) is 17.8 Å². The molecule has 1 unspecified atom stereocenters. The van der Waals surface area contributed by atoms with Gasteiger partial charge in [-0.3, -0.25) is 4.79 Å². The summed E-state index contributed by atoms with van der Waals surface area (Å²) in [5, 5.41) is 4.38. The zero-order valence-electron chi connectivity index (χ0n) is 15.3. The van der Waals surface area contributed by atoms with Crippen molar-refractivity contribution in [3.05, 3.63) is 75.1 Å². The number of quaternary nitrogens is 1. The summed E-state index contributed by atoms with van der Waals surface area (Å²) in [6, 6.07) is 14.4. The van der Waals surface area contributed by atoms with E-state index in [0.29, 0.717) is 22.8 Å². The van der Waals surface area contributed by atoms with Crippen LogP contribution in [0, 0.1) is 0 Å². The molecule has 0 aliphatic rings. The molecule has 0 spiro atoms. The topological polar surface area (TPSA) is 63.8 Å². The highest BCUT2D eigenvalue weighted by Gasteiger charge is 2.14. The number of hydrogen-bond acceptors (Lipinski definition) is 3. The molecule has 0 saturated carbocycles. The molecule has 5 nitrogen and oxygen atoms in total. The van der Waals surface area contributed by atoms with Crippen LogP contribution in [0.2, 0.25) is 5.02 Å². The minimum Gasteiger partial charge on any atom is -0.423 e. The van der Waals surface area contributed by atoms with Crippen LogP contribution in [0.1, 0.15) is 18.1 Å². The minimum absolute atomic E-state index is 0.102. The van der Waals surface area contributed by atoms with Crippen molar-refractivity contribution in [2.45, 2.75) is 19.9 Å². The number of fused-ring (bicyclic) bond motifs is 1. The molecule has 0 fully saturated rings. The van der Waals surface area contributed by atoms with Gasteiger partial charge in [-0.15, -0.1) is 0 Å². The van der Waals surface area contributed by atoms with Gasteiger partial charge in [0.25, 0.3) is 5.91 Å². The third kappa shape index (κ3) is 4.96. The Morgan fingerprint density at radius 1 is 1.15 bits per heavy atom. The van der Waals surface area contributed by atoms with E-state index in [0.717, 1.165) is 27.8 Å². The van der Waals surface area contributed by atoms with Gasteiger partial charge in [0.15, 0.2) is 6.54 Å². The largest absolute Gasteiger partial charge is 0.423 e. The van der Waals surface area contributed by atoms with Crippen molar-refractivity contribution in [3.8, 4) is 0 Å². The van der Waals surface area contributed by atoms with Crippen molar-refractivity contribution in [2.75, 3.05) is 18.9 Å². The number of benzene rings is 2. The van der Waals surface area contributed by atoms with Gasteiger partial charge in [0, 0.05) is 27.7 Å². The summed E-state index contributed by atoms with van der Waals surface area (Å²) in [5.74, 6) is -0.102. The first-order valence-corrected chi connectivity index (χ1v) is 9.25. The maximum Gasteiger partial charge on any atom is 0.336 e. The molecule has 6 heteroatoms. The number of hydrogen-bond donors (Lipinski definition) is 2. The molecular formula is C21H22ClN2O3+. The molecule has 0 saturated heterocycles. The van der Waals surface area contributed by atoms with Crippen LogP contribution in [0.5, 0.6) is 0 Å². The van der Waals surface area contributed by atoms with E-state index in [1.165, 1.54) is 6.07 Å². The molecule has 1 amide bonds. The van der Waals surface area contributed by atoms with Gasteiger partial charge >= 0.3 is 5.63 Å². The zero-order chi connectivity index (χ0) is 19.4. The molecular weight excluding hydrogens is 364 g/mol. The number of amides is 1. The highest BCUT2D eigenvalue weighted by molar-refractivity contribution is 6.30. The van der Waals surface area contributed by atoms with Crippen LogP contribution in [0.15, 0.2) is 57.7 Å². The number of carbonyl (C=O) groups excluding carboxylic acids is 1. The molecule has 2 aromatic carbocycles. The van der Waals surface area contributed by atoms with Gasteiger partial charge in [-0.1, -0.05) is 30.7 Å². The van der Waals surface area contributed by atoms with Gasteiger partial charge in [-0.25, -0.2) is 4.79 Å². The van der Waals surface area contributed by atoms with Gasteiger partial charge in [-0.2, -0.15) is 0 Å². The third-order valence-corrected chi connectivity index (χ3v) is 4.64. The lowest BCUT2D eigenvalue weighted by atomic mass is 10.1. The predicted octanol–water partition coefficient (Wildman–Crippen LogP) is 2.66. The van der Waals surface area contributed by atoms with E-state index in [9.17, 15) is 9.59 Å². The first-order valence-electron chi connectivity index (χ1n) is 8.87. The van der Waals surface area contributed by atoms with E-state index in [2.05, 4.69) is 12.2 Å². The van der Waals surface area contributed by atoms with Crippen molar-refractivity contribution in [1.82, 2.24) is 0 Å². The molecule has 3 rings (SSSR count). The van der Waals surface area contributed by atoms with Gasteiger partial charge in [-0.05, 0) is 42.3 Å². The quantitative estimate of drug-likeness (QED) is 0.641. The Labute approximate surface area is 162 Å². The minimum atomic E-state index is -0.371. The number of carbonyl (C=O) groups is 1. The summed E-state index contributed by atoms with van der Waals surface area (Å²) < 4.78 is 5.34. The van der Waals surface area contributed by atoms with E-state index in [4.69, 9.17) is 16.0 Å². The molecule has 1 atom stereocenters. The maximum atomic E-state index is 12.3. The Kier molecular flexibility index (Phi) is 5.94. The molecule has 27 heavy (non-hydrogen) atoms. The van der Waals surface area contributed by atoms with Crippen molar-refractivity contribution >= 4 is 34.2 Å². The molecule has 2 N–H and O–H groups in total. The fourth-order valence-corrected chi connectivity index (χ4v) is 3.17. The first-order chi connectivity index (χ1) is 12.9. The summed E-state index contributed by atoms with van der Waals surface area (Å²) >= 11 is 5.85. The standard InChI is InChI=1S/C21H21ClN2O3/c1-3-14-4-9-18-15(11-21(26)27-19(18)10-14)12-24(2)13-20(25)23-17-7-5-16(22)6-8-17/h4-11H,3,12-13H2,1-2H3,(H,23,25)/p+1. The second kappa shape index (κ2) is 8.37. The Hall–Kier alpha value is -2.63. The molecule has 1 heterocycles. The summed E-state index contributed by atoms with van der Waals surface area (Å²) in [5.41, 5.74) is 2.92. The number of halogens is 1. The molecule has 0 aliphatic heterocycles. The maximum absolute atomic E-state index is 12.3. The molecule has 1 aromatic heterocycles. The Morgan fingerprint density at radius 3 is 2.59 bits per heavy atom. The van der Waals surface area contributed by atoms with E-state index < -0.39 is 0 Å². The lowest BCUT2D eigenvalue weighted by molar-refractivity contribution is -0.885. The number of aryl methyl sites for hydroxylation is 1. The zero-order valence-corrected chi connectivity index (χ0v) is 16.1. The number of likely N-dealkylation sites (N-methyl/N-ethyl adjacent to an activating group) is 1. The summed E-state index contributed by atoms with van der Waals surface area (Å²) in [7, 11) is 1.92. The van der Waals surface area contributed by atoms with Crippen molar-refractivity contribution in [3.63, 3.8) is 0 Å². The molecule has 0 bridgehead atoms. The number of anilines is 1. The second-order valence-corrected chi connectivity index (χ2v) is 7.08. The lowest BCUT2D eigenvalue weighted by Gasteiger charge is -2.15. The molecule has 140 valence electrons. The smallest absolute Gasteiger partial charge is 0.336 e. The van der Waals surface area contributed by atoms with Crippen LogP contribution in [0.25, 0.3) is 11.0 Å². The van der Waals surface area contributed by atoms with E-state index >= 15 is 0 Å². The highest BCUT2D eigenvalue weighted by Crippen LogP contribution is 2.18. The lowest BCUT2D eigenvalue weighted by Crippen LogP contribution is -3.08. The first kappa shape index (κ1) is 19.1. The average Bonchev–Trinajstić information content (AvgIpc) is 2.62. The van der Waals surface area contributed by atoms with E-state index in [1.807, 2.05) is 25.2 Å².